The molecule has 0 atom stereocenters. The number of benzene rings is 2. The van der Waals surface area contributed by atoms with E-state index in [1.165, 1.54) is 92.0 Å². The van der Waals surface area contributed by atoms with Gasteiger partial charge < -0.3 is 5.53 Å². The van der Waals surface area contributed by atoms with E-state index in [0.717, 1.165) is 48.2 Å². The molecule has 2 aromatic rings. The van der Waals surface area contributed by atoms with Crippen molar-refractivity contribution in [1.29, 1.82) is 0 Å². The summed E-state index contributed by atoms with van der Waals surface area (Å²) < 4.78 is 1.46. The molecule has 194 valence electrons. The van der Waals surface area contributed by atoms with Crippen molar-refractivity contribution in [3.63, 3.8) is 0 Å². The molecule has 2 aromatic carbocycles. The monoisotopic (exact) mass is 484 g/mol. The zero-order valence-corrected chi connectivity index (χ0v) is 23.2. The lowest BCUT2D eigenvalue weighted by molar-refractivity contribution is -0.344. The summed E-state index contributed by atoms with van der Waals surface area (Å²) in [7, 11) is 0. The van der Waals surface area contributed by atoms with E-state index in [2.05, 4.69) is 75.4 Å². The largest absolute Gasteiger partial charge is 0.493 e. The topological polar surface area (TPSA) is 25.3 Å². The van der Waals surface area contributed by atoms with Gasteiger partial charge >= 0.3 is 0 Å². The Kier molecular flexibility index (Phi) is 12.2. The van der Waals surface area contributed by atoms with Gasteiger partial charge in [0.05, 0.1) is 0 Å². The summed E-state index contributed by atoms with van der Waals surface area (Å²) in [6.45, 7) is 6.77. The molecule has 0 aromatic heterocycles. The van der Waals surface area contributed by atoms with Crippen molar-refractivity contribution in [2.24, 2.45) is 0 Å². The molecule has 36 heavy (non-hydrogen) atoms. The van der Waals surface area contributed by atoms with Crippen molar-refractivity contribution < 1.29 is 4.70 Å². The lowest BCUT2D eigenvalue weighted by atomic mass is 9.99. The van der Waals surface area contributed by atoms with Gasteiger partial charge in [-0.3, -0.25) is 0 Å². The predicted molar refractivity (Wildman–Crippen MR) is 156 cm³/mol. The molecule has 1 aliphatic heterocycles. The van der Waals surface area contributed by atoms with Gasteiger partial charge in [0, 0.05) is 22.8 Å². The number of nitrogens with zero attached hydrogens (tertiary/aromatic N) is 2. The van der Waals surface area contributed by atoms with E-state index in [-0.39, 0.29) is 0 Å². The lowest BCUT2D eigenvalue weighted by Crippen LogP contribution is -2.03. The van der Waals surface area contributed by atoms with Crippen molar-refractivity contribution in [2.75, 3.05) is 0 Å². The van der Waals surface area contributed by atoms with E-state index in [9.17, 15) is 5.53 Å². The first-order chi connectivity index (χ1) is 17.7. The van der Waals surface area contributed by atoms with Crippen molar-refractivity contribution >= 4 is 11.4 Å². The Balaban J connectivity index is 1.75. The highest BCUT2D eigenvalue weighted by Crippen LogP contribution is 2.37. The molecule has 0 saturated heterocycles. The van der Waals surface area contributed by atoms with Gasteiger partial charge in [-0.2, -0.15) is 0 Å². The summed E-state index contributed by atoms with van der Waals surface area (Å²) in [5.74, 6) is 0. The first-order valence-corrected chi connectivity index (χ1v) is 14.8. The third-order valence-electron chi connectivity index (χ3n) is 7.44. The number of allylic oxidation sites excluding steroid dienone is 2. The maximum atomic E-state index is 11.4. The molecule has 2 nitrogen and oxygen atoms in total. The van der Waals surface area contributed by atoms with Gasteiger partial charge in [-0.25, -0.2) is 4.70 Å². The van der Waals surface area contributed by atoms with Gasteiger partial charge in [-0.15, -0.1) is 0 Å². The van der Waals surface area contributed by atoms with Gasteiger partial charge in [0.2, 0.25) is 11.4 Å². The summed E-state index contributed by atoms with van der Waals surface area (Å²) in [5.41, 5.74) is 19.5. The molecule has 1 aliphatic rings. The SMILES string of the molecule is CCCCCCCCc1cccc(C2=CC(CCCCCC)=C(c3ccc(CCCC)cc3)[N+]2=[N-])c1. The quantitative estimate of drug-likeness (QED) is 0.158. The Hall–Kier alpha value is -2.48. The maximum absolute atomic E-state index is 11.4. The molecule has 2 heteroatoms. The zero-order chi connectivity index (χ0) is 25.6. The molecular weight excluding hydrogens is 436 g/mol. The summed E-state index contributed by atoms with van der Waals surface area (Å²) in [6, 6.07) is 17.7. The van der Waals surface area contributed by atoms with Crippen LogP contribution >= 0.6 is 0 Å². The first kappa shape index (κ1) is 28.1. The standard InChI is InChI=1S/C34H48N2/c1-4-7-10-12-13-14-18-29-19-16-21-31(26-29)33-27-32(20-15-11-8-5-2)34(36(33)35)30-24-22-28(23-25-30)17-9-6-3/h16,19,21-27H,4-15,17-18,20H2,1-3H3. The molecule has 3 rings (SSSR count). The fraction of sp³-hybridized carbons (Fsp3) is 0.529. The average Bonchev–Trinajstić information content (AvgIpc) is 3.23. The number of unbranched alkanes of at least 4 members (excludes halogenated alkanes) is 9. The van der Waals surface area contributed by atoms with Crippen molar-refractivity contribution in [3.05, 3.63) is 88.0 Å². The van der Waals surface area contributed by atoms with Gasteiger partial charge in [0.1, 0.15) is 0 Å². The van der Waals surface area contributed by atoms with Crippen LogP contribution in [0.3, 0.4) is 0 Å². The van der Waals surface area contributed by atoms with Crippen molar-refractivity contribution in [1.82, 2.24) is 0 Å². The summed E-state index contributed by atoms with van der Waals surface area (Å²) in [5, 5.41) is 0. The summed E-state index contributed by atoms with van der Waals surface area (Å²) in [6.07, 6.45) is 20.7. The van der Waals surface area contributed by atoms with Crippen LogP contribution < -0.4 is 0 Å². The molecule has 0 aliphatic carbocycles. The van der Waals surface area contributed by atoms with Crippen LogP contribution in [0.2, 0.25) is 0 Å². The van der Waals surface area contributed by atoms with Crippen molar-refractivity contribution in [3.8, 4) is 0 Å². The minimum atomic E-state index is 0.912. The Morgan fingerprint density at radius 3 is 1.92 bits per heavy atom. The molecule has 0 spiro atoms. The van der Waals surface area contributed by atoms with E-state index in [0.29, 0.717) is 0 Å². The average molecular weight is 485 g/mol. The van der Waals surface area contributed by atoms with E-state index < -0.39 is 0 Å². The van der Waals surface area contributed by atoms with Crippen LogP contribution in [-0.4, -0.2) is 4.70 Å². The number of aryl methyl sites for hydroxylation is 2. The highest BCUT2D eigenvalue weighted by Gasteiger charge is 2.28. The summed E-state index contributed by atoms with van der Waals surface area (Å²) >= 11 is 0. The van der Waals surface area contributed by atoms with Crippen LogP contribution in [0.1, 0.15) is 126 Å². The van der Waals surface area contributed by atoms with Gasteiger partial charge in [-0.1, -0.05) is 103 Å². The van der Waals surface area contributed by atoms with E-state index >= 15 is 0 Å². The number of hydrogen-bond acceptors (Lipinski definition) is 0. The Morgan fingerprint density at radius 1 is 0.583 bits per heavy atom. The minimum absolute atomic E-state index is 0.912. The molecule has 0 fully saturated rings. The van der Waals surface area contributed by atoms with Gasteiger partial charge in [-0.05, 0) is 73.9 Å². The van der Waals surface area contributed by atoms with E-state index in [1.54, 1.807) is 0 Å². The minimum Gasteiger partial charge on any atom is -0.493 e. The molecule has 0 N–H and O–H groups in total. The van der Waals surface area contributed by atoms with Crippen LogP contribution in [0.5, 0.6) is 0 Å². The second kappa shape index (κ2) is 15.6. The maximum Gasteiger partial charge on any atom is 0.210 e. The fourth-order valence-electron chi connectivity index (χ4n) is 5.20. The van der Waals surface area contributed by atoms with Crippen LogP contribution in [0.4, 0.5) is 0 Å². The first-order valence-electron chi connectivity index (χ1n) is 14.8. The van der Waals surface area contributed by atoms with Crippen LogP contribution in [-0.2, 0) is 12.8 Å². The van der Waals surface area contributed by atoms with Crippen molar-refractivity contribution in [2.45, 2.75) is 117 Å². The fourth-order valence-corrected chi connectivity index (χ4v) is 5.20. The highest BCUT2D eigenvalue weighted by atomic mass is 15.2. The molecule has 0 radical (unpaired) electrons. The Labute approximate surface area is 221 Å². The van der Waals surface area contributed by atoms with Gasteiger partial charge in [0.15, 0.2) is 0 Å². The summed E-state index contributed by atoms with van der Waals surface area (Å²) in [4.78, 5) is 0. The normalized spacial score (nSPS) is 13.5. The molecule has 0 bridgehead atoms. The van der Waals surface area contributed by atoms with Gasteiger partial charge in [0.25, 0.3) is 0 Å². The predicted octanol–water partition coefficient (Wildman–Crippen LogP) is 10.7. The smallest absolute Gasteiger partial charge is 0.210 e. The molecule has 0 unspecified atom stereocenters. The molecule has 0 amide bonds. The zero-order valence-electron chi connectivity index (χ0n) is 23.2. The number of rotatable bonds is 17. The van der Waals surface area contributed by atoms with Crippen LogP contribution in [0, 0.1) is 0 Å². The van der Waals surface area contributed by atoms with Crippen LogP contribution in [0.15, 0.2) is 60.2 Å². The number of hydrogen-bond donors (Lipinski definition) is 0. The Bertz CT molecular complexity index is 1010. The highest BCUT2D eigenvalue weighted by molar-refractivity contribution is 5.78. The second-order valence-corrected chi connectivity index (χ2v) is 10.5. The molecule has 0 saturated carbocycles. The van der Waals surface area contributed by atoms with E-state index in [4.69, 9.17) is 0 Å². The third-order valence-corrected chi connectivity index (χ3v) is 7.44. The lowest BCUT2D eigenvalue weighted by Gasteiger charge is -2.11. The molecule has 1 heterocycles. The third kappa shape index (κ3) is 8.29. The Morgan fingerprint density at radius 2 is 1.19 bits per heavy atom. The molecular formula is C34H48N2. The van der Waals surface area contributed by atoms with Crippen LogP contribution in [0.25, 0.3) is 16.9 Å². The second-order valence-electron chi connectivity index (χ2n) is 10.5. The van der Waals surface area contributed by atoms with E-state index in [1.807, 2.05) is 0 Å².